The lowest BCUT2D eigenvalue weighted by atomic mass is 10.0. The first kappa shape index (κ1) is 17.8. The zero-order valence-electron chi connectivity index (χ0n) is 16.0. The van der Waals surface area contributed by atoms with E-state index in [2.05, 4.69) is 15.5 Å². The molecule has 28 heavy (non-hydrogen) atoms. The summed E-state index contributed by atoms with van der Waals surface area (Å²) < 4.78 is 9.27. The van der Waals surface area contributed by atoms with E-state index in [1.807, 2.05) is 66.7 Å². The molecule has 1 amide bonds. The molecule has 0 fully saturated rings. The van der Waals surface area contributed by atoms with E-state index < -0.39 is 0 Å². The molecule has 0 aliphatic carbocycles. The van der Waals surface area contributed by atoms with Crippen molar-refractivity contribution in [1.29, 1.82) is 0 Å². The molecule has 0 unspecified atom stereocenters. The van der Waals surface area contributed by atoms with Crippen molar-refractivity contribution in [2.75, 3.05) is 7.11 Å². The molecular formula is C21H21N5O2. The molecule has 7 heteroatoms. The molecule has 0 saturated carbocycles. The Balaban J connectivity index is 1.73. The summed E-state index contributed by atoms with van der Waals surface area (Å²) in [4.78, 5) is 11.1. The Labute approximate surface area is 162 Å². The first-order chi connectivity index (χ1) is 13.5. The molecule has 7 nitrogen and oxygen atoms in total. The summed E-state index contributed by atoms with van der Waals surface area (Å²) in [6.45, 7) is 2.03. The van der Waals surface area contributed by atoms with E-state index in [0.29, 0.717) is 6.54 Å². The van der Waals surface area contributed by atoms with E-state index in [1.54, 1.807) is 11.8 Å². The van der Waals surface area contributed by atoms with Crippen LogP contribution in [0.2, 0.25) is 0 Å². The number of pyridine rings is 1. The Hall–Kier alpha value is -3.61. The number of nitrogens with zero attached hydrogens (tertiary/aromatic N) is 4. The molecule has 0 bridgehead atoms. The fourth-order valence-corrected chi connectivity index (χ4v) is 3.21. The number of rotatable bonds is 5. The van der Waals surface area contributed by atoms with Crippen LogP contribution in [-0.2, 0) is 18.4 Å². The molecule has 142 valence electrons. The number of carbonyl (C=O) groups is 1. The number of fused-ring (bicyclic) bond motifs is 1. The highest BCUT2D eigenvalue weighted by Gasteiger charge is 2.14. The predicted octanol–water partition coefficient (Wildman–Crippen LogP) is 3.05. The number of hydrogen-bond acceptors (Lipinski definition) is 4. The molecule has 4 rings (SSSR count). The van der Waals surface area contributed by atoms with E-state index in [-0.39, 0.29) is 5.91 Å². The topological polar surface area (TPSA) is 73.5 Å². The van der Waals surface area contributed by atoms with Crippen molar-refractivity contribution in [2.45, 2.75) is 13.5 Å². The van der Waals surface area contributed by atoms with Gasteiger partial charge in [-0.05, 0) is 17.2 Å². The number of aryl methyl sites for hydroxylation is 1. The summed E-state index contributed by atoms with van der Waals surface area (Å²) in [7, 11) is 3.55. The van der Waals surface area contributed by atoms with Crippen LogP contribution < -0.4 is 10.1 Å². The molecule has 4 aromatic rings. The van der Waals surface area contributed by atoms with Gasteiger partial charge in [-0.2, -0.15) is 10.2 Å². The van der Waals surface area contributed by atoms with E-state index in [4.69, 9.17) is 4.74 Å². The fraction of sp³-hybridized carbons (Fsp3) is 0.190. The number of benzene rings is 1. The normalized spacial score (nSPS) is 11.0. The number of amides is 1. The van der Waals surface area contributed by atoms with Crippen molar-refractivity contribution >= 4 is 11.4 Å². The van der Waals surface area contributed by atoms with Crippen molar-refractivity contribution in [3.8, 4) is 28.0 Å². The van der Waals surface area contributed by atoms with Gasteiger partial charge in [0.15, 0.2) is 0 Å². The third-order valence-corrected chi connectivity index (χ3v) is 4.64. The zero-order valence-corrected chi connectivity index (χ0v) is 16.0. The van der Waals surface area contributed by atoms with Gasteiger partial charge in [0.05, 0.1) is 19.5 Å². The third kappa shape index (κ3) is 3.34. The number of carbonyl (C=O) groups excluding carboxylic acids is 1. The van der Waals surface area contributed by atoms with Crippen LogP contribution in [0.3, 0.4) is 0 Å². The van der Waals surface area contributed by atoms with Crippen LogP contribution in [-0.4, -0.2) is 32.4 Å². The fourth-order valence-electron chi connectivity index (χ4n) is 3.21. The van der Waals surface area contributed by atoms with Gasteiger partial charge in [0, 0.05) is 49.6 Å². The maximum atomic E-state index is 11.1. The standard InChI is InChI=1S/C21H21N5O2/c1-14(27)22-9-15-4-6-16(7-5-15)19-11-24-26-13-17(8-20(28-3)21(19)26)18-10-23-25(2)12-18/h4-8,10-13H,9H2,1-3H3,(H,22,27). The monoisotopic (exact) mass is 375 g/mol. The number of aromatic nitrogens is 4. The second-order valence-electron chi connectivity index (χ2n) is 6.66. The van der Waals surface area contributed by atoms with Gasteiger partial charge in [-0.3, -0.25) is 9.48 Å². The summed E-state index contributed by atoms with van der Waals surface area (Å²) in [5.41, 5.74) is 5.96. The number of nitrogens with one attached hydrogen (secondary N) is 1. The van der Waals surface area contributed by atoms with Gasteiger partial charge in [0.2, 0.25) is 5.91 Å². The van der Waals surface area contributed by atoms with Crippen LogP contribution >= 0.6 is 0 Å². The van der Waals surface area contributed by atoms with Gasteiger partial charge in [-0.15, -0.1) is 0 Å². The highest BCUT2D eigenvalue weighted by atomic mass is 16.5. The van der Waals surface area contributed by atoms with E-state index in [1.165, 1.54) is 6.92 Å². The van der Waals surface area contributed by atoms with Crippen molar-refractivity contribution in [3.05, 3.63) is 60.7 Å². The molecular weight excluding hydrogens is 354 g/mol. The van der Waals surface area contributed by atoms with Crippen LogP contribution in [0.25, 0.3) is 27.8 Å². The predicted molar refractivity (Wildman–Crippen MR) is 107 cm³/mol. The number of hydrogen-bond donors (Lipinski definition) is 1. The second-order valence-corrected chi connectivity index (χ2v) is 6.66. The van der Waals surface area contributed by atoms with Crippen molar-refractivity contribution in [1.82, 2.24) is 24.7 Å². The van der Waals surface area contributed by atoms with Crippen LogP contribution in [0.5, 0.6) is 5.75 Å². The smallest absolute Gasteiger partial charge is 0.217 e. The van der Waals surface area contributed by atoms with Crippen LogP contribution in [0, 0.1) is 0 Å². The summed E-state index contributed by atoms with van der Waals surface area (Å²) in [6.07, 6.45) is 7.59. The third-order valence-electron chi connectivity index (χ3n) is 4.64. The highest BCUT2D eigenvalue weighted by molar-refractivity contribution is 5.86. The number of methoxy groups -OCH3 is 1. The summed E-state index contributed by atoms with van der Waals surface area (Å²) in [5, 5.41) is 11.6. The SMILES string of the molecule is COc1cc(-c2cnn(C)c2)cn2ncc(-c3ccc(CNC(C)=O)cc3)c12. The Bertz CT molecular complexity index is 1140. The van der Waals surface area contributed by atoms with Crippen LogP contribution in [0.1, 0.15) is 12.5 Å². The average molecular weight is 375 g/mol. The largest absolute Gasteiger partial charge is 0.494 e. The average Bonchev–Trinajstić information content (AvgIpc) is 3.32. The minimum atomic E-state index is -0.0409. The Morgan fingerprint density at radius 1 is 1.07 bits per heavy atom. The molecule has 0 atom stereocenters. The molecule has 0 spiro atoms. The maximum absolute atomic E-state index is 11.1. The van der Waals surface area contributed by atoms with Gasteiger partial charge in [-0.1, -0.05) is 24.3 Å². The molecule has 3 aromatic heterocycles. The summed E-state index contributed by atoms with van der Waals surface area (Å²) in [5.74, 6) is 0.706. The lowest BCUT2D eigenvalue weighted by Gasteiger charge is -2.09. The van der Waals surface area contributed by atoms with Gasteiger partial charge >= 0.3 is 0 Å². The molecule has 1 N–H and O–H groups in total. The van der Waals surface area contributed by atoms with Crippen LogP contribution in [0.4, 0.5) is 0 Å². The van der Waals surface area contributed by atoms with E-state index >= 15 is 0 Å². The molecule has 0 saturated heterocycles. The number of ether oxygens (including phenoxy) is 1. The van der Waals surface area contributed by atoms with Crippen molar-refractivity contribution in [2.24, 2.45) is 7.05 Å². The van der Waals surface area contributed by atoms with E-state index in [0.717, 1.165) is 39.1 Å². The minimum absolute atomic E-state index is 0.0409. The lowest BCUT2D eigenvalue weighted by molar-refractivity contribution is -0.119. The molecule has 3 heterocycles. The summed E-state index contributed by atoms with van der Waals surface area (Å²) in [6, 6.07) is 10.1. The Morgan fingerprint density at radius 2 is 1.86 bits per heavy atom. The zero-order chi connectivity index (χ0) is 19.7. The lowest BCUT2D eigenvalue weighted by Crippen LogP contribution is -2.18. The van der Waals surface area contributed by atoms with Crippen LogP contribution in [0.15, 0.2) is 55.1 Å². The second kappa shape index (κ2) is 7.19. The van der Waals surface area contributed by atoms with Gasteiger partial charge in [0.25, 0.3) is 0 Å². The van der Waals surface area contributed by atoms with Gasteiger partial charge in [0.1, 0.15) is 11.3 Å². The molecule has 0 aliphatic rings. The summed E-state index contributed by atoms with van der Waals surface area (Å²) >= 11 is 0. The van der Waals surface area contributed by atoms with E-state index in [9.17, 15) is 4.79 Å². The van der Waals surface area contributed by atoms with Gasteiger partial charge in [-0.25, -0.2) is 4.52 Å². The quantitative estimate of drug-likeness (QED) is 0.582. The van der Waals surface area contributed by atoms with Crippen molar-refractivity contribution in [3.63, 3.8) is 0 Å². The molecule has 0 radical (unpaired) electrons. The van der Waals surface area contributed by atoms with Crippen molar-refractivity contribution < 1.29 is 9.53 Å². The first-order valence-electron chi connectivity index (χ1n) is 8.93. The first-order valence-corrected chi connectivity index (χ1v) is 8.93. The molecule has 1 aromatic carbocycles. The van der Waals surface area contributed by atoms with Gasteiger partial charge < -0.3 is 10.1 Å². The minimum Gasteiger partial charge on any atom is -0.494 e. The Kier molecular flexibility index (Phi) is 4.57. The highest BCUT2D eigenvalue weighted by Crippen LogP contribution is 2.34. The maximum Gasteiger partial charge on any atom is 0.217 e. The Morgan fingerprint density at radius 3 is 2.50 bits per heavy atom. The molecule has 0 aliphatic heterocycles.